The first kappa shape index (κ1) is 26.0. The van der Waals surface area contributed by atoms with Gasteiger partial charge in [-0.3, -0.25) is 19.3 Å². The van der Waals surface area contributed by atoms with Gasteiger partial charge in [0.05, 0.1) is 28.4 Å². The number of benzene rings is 2. The van der Waals surface area contributed by atoms with Gasteiger partial charge >= 0.3 is 5.97 Å². The predicted molar refractivity (Wildman–Crippen MR) is 139 cm³/mol. The Labute approximate surface area is 221 Å². The minimum Gasteiger partial charge on any atom is -0.493 e. The van der Waals surface area contributed by atoms with Crippen LogP contribution in [0.2, 0.25) is 0 Å². The van der Waals surface area contributed by atoms with Crippen LogP contribution in [-0.2, 0) is 19.1 Å². The van der Waals surface area contributed by atoms with Crippen LogP contribution in [0.15, 0.2) is 45.8 Å². The first-order valence-electron chi connectivity index (χ1n) is 9.60. The van der Waals surface area contributed by atoms with Gasteiger partial charge in [-0.1, -0.05) is 12.1 Å². The van der Waals surface area contributed by atoms with Crippen molar-refractivity contribution in [3.63, 3.8) is 0 Å². The number of nitrogens with zero attached hydrogens (tertiary/aromatic N) is 1. The van der Waals surface area contributed by atoms with Gasteiger partial charge in [0.1, 0.15) is 6.54 Å². The lowest BCUT2D eigenvalue weighted by atomic mass is 10.2. The molecule has 0 aliphatic carbocycles. The number of esters is 1. The average molecular weight is 661 g/mol. The fraction of sp³-hybridized carbons (Fsp3) is 0.182. The summed E-state index contributed by atoms with van der Waals surface area (Å²) < 4.78 is 16.7. The monoisotopic (exact) mass is 660 g/mol. The number of amides is 3. The zero-order chi connectivity index (χ0) is 24.8. The zero-order valence-corrected chi connectivity index (χ0v) is 22.5. The first-order valence-corrected chi connectivity index (χ1v) is 12.3. The van der Waals surface area contributed by atoms with Crippen molar-refractivity contribution in [2.45, 2.75) is 0 Å². The summed E-state index contributed by atoms with van der Waals surface area (Å²) in [6.45, 7) is -0.701. The number of ether oxygens (including phenoxy) is 3. The number of hydrogen-bond donors (Lipinski definition) is 1. The molecule has 3 amide bonds. The molecule has 2 aromatic rings. The molecule has 2 aromatic carbocycles. The number of carbonyl (C=O) groups is 4. The molecule has 1 aliphatic heterocycles. The van der Waals surface area contributed by atoms with Gasteiger partial charge in [-0.2, -0.15) is 0 Å². The molecule has 12 heteroatoms. The molecule has 0 saturated carbocycles. The van der Waals surface area contributed by atoms with E-state index in [-0.39, 0.29) is 11.5 Å². The minimum atomic E-state index is -0.572. The number of carbonyl (C=O) groups excluding carboxylic acids is 4. The topological polar surface area (TPSA) is 111 Å². The lowest BCUT2D eigenvalue weighted by molar-refractivity contribution is -0.143. The summed E-state index contributed by atoms with van der Waals surface area (Å²) in [5.41, 5.74) is 1.11. The Balaban J connectivity index is 1.75. The molecule has 1 heterocycles. The highest BCUT2D eigenvalue weighted by Gasteiger charge is 2.36. The van der Waals surface area contributed by atoms with Gasteiger partial charge in [-0.15, -0.1) is 0 Å². The van der Waals surface area contributed by atoms with E-state index < -0.39 is 29.6 Å². The predicted octanol–water partition coefficient (Wildman–Crippen LogP) is 4.29. The second-order valence-electron chi connectivity index (χ2n) is 6.69. The molecular formula is C22H18BrIN2O7S. The van der Waals surface area contributed by atoms with Gasteiger partial charge < -0.3 is 19.5 Å². The SMILES string of the molecule is COC(=O)COc1c(I)cc(/C=C2\SC(=O)N(CC(=O)Nc3ccccc3Br)C2=O)cc1OC. The Bertz CT molecular complexity index is 1190. The van der Waals surface area contributed by atoms with Gasteiger partial charge in [-0.25, -0.2) is 4.79 Å². The Hall–Kier alpha value is -2.58. The normalized spacial score (nSPS) is 14.4. The number of hydrogen-bond acceptors (Lipinski definition) is 8. The average Bonchev–Trinajstić information content (AvgIpc) is 3.06. The Kier molecular flexibility index (Phi) is 8.97. The van der Waals surface area contributed by atoms with Crippen molar-refractivity contribution in [3.05, 3.63) is 54.9 Å². The third-order valence-electron chi connectivity index (χ3n) is 4.43. The van der Waals surface area contributed by atoms with E-state index in [4.69, 9.17) is 9.47 Å². The van der Waals surface area contributed by atoms with Gasteiger partial charge in [-0.05, 0) is 86.2 Å². The molecule has 9 nitrogen and oxygen atoms in total. The van der Waals surface area contributed by atoms with Crippen LogP contribution < -0.4 is 14.8 Å². The summed E-state index contributed by atoms with van der Waals surface area (Å²) in [6.07, 6.45) is 1.53. The Morgan fingerprint density at radius 3 is 2.62 bits per heavy atom. The van der Waals surface area contributed by atoms with Gasteiger partial charge in [0, 0.05) is 4.47 Å². The van der Waals surface area contributed by atoms with Crippen molar-refractivity contribution in [2.24, 2.45) is 0 Å². The molecule has 34 heavy (non-hydrogen) atoms. The third kappa shape index (κ3) is 6.30. The third-order valence-corrected chi connectivity index (χ3v) is 6.84. The molecule has 0 radical (unpaired) electrons. The molecule has 3 rings (SSSR count). The molecular weight excluding hydrogens is 643 g/mol. The van der Waals surface area contributed by atoms with Crippen LogP contribution in [0, 0.1) is 3.57 Å². The van der Waals surface area contributed by atoms with Crippen molar-refractivity contribution in [2.75, 3.05) is 32.7 Å². The summed E-state index contributed by atoms with van der Waals surface area (Å²) in [6, 6.07) is 10.3. The quantitative estimate of drug-likeness (QED) is 0.254. The van der Waals surface area contributed by atoms with E-state index >= 15 is 0 Å². The van der Waals surface area contributed by atoms with Crippen LogP contribution in [0.3, 0.4) is 0 Å². The second-order valence-corrected chi connectivity index (χ2v) is 9.70. The van der Waals surface area contributed by atoms with E-state index in [9.17, 15) is 19.2 Å². The van der Waals surface area contributed by atoms with Crippen LogP contribution >= 0.6 is 50.3 Å². The number of nitrogens with one attached hydrogen (secondary N) is 1. The Morgan fingerprint density at radius 1 is 1.21 bits per heavy atom. The molecule has 0 aromatic heterocycles. The highest BCUT2D eigenvalue weighted by Crippen LogP contribution is 2.37. The molecule has 1 fully saturated rings. The lowest BCUT2D eigenvalue weighted by Crippen LogP contribution is -2.36. The number of anilines is 1. The number of methoxy groups -OCH3 is 2. The maximum absolute atomic E-state index is 12.8. The standard InChI is InChI=1S/C22H18BrIN2O7S/c1-31-16-8-12(7-14(24)20(16)33-11-19(28)32-2)9-17-21(29)26(22(30)34-17)10-18(27)25-15-6-4-3-5-13(15)23/h3-9H,10-11H2,1-2H3,(H,25,27)/b17-9-. The number of rotatable bonds is 8. The van der Waals surface area contributed by atoms with Crippen LogP contribution in [-0.4, -0.2) is 55.3 Å². The smallest absolute Gasteiger partial charge is 0.343 e. The number of para-hydroxylation sites is 1. The van der Waals surface area contributed by atoms with E-state index in [0.29, 0.717) is 30.8 Å². The zero-order valence-electron chi connectivity index (χ0n) is 17.9. The first-order chi connectivity index (χ1) is 16.2. The van der Waals surface area contributed by atoms with Gasteiger partial charge in [0.15, 0.2) is 18.1 Å². The largest absolute Gasteiger partial charge is 0.493 e. The highest BCUT2D eigenvalue weighted by molar-refractivity contribution is 14.1. The van der Waals surface area contributed by atoms with Crippen LogP contribution in [0.25, 0.3) is 6.08 Å². The van der Waals surface area contributed by atoms with E-state index in [1.165, 1.54) is 20.3 Å². The van der Waals surface area contributed by atoms with E-state index in [2.05, 4.69) is 26.0 Å². The van der Waals surface area contributed by atoms with Crippen LogP contribution in [0.1, 0.15) is 5.56 Å². The minimum absolute atomic E-state index is 0.166. The van der Waals surface area contributed by atoms with E-state index in [1.54, 1.807) is 36.4 Å². The van der Waals surface area contributed by atoms with Gasteiger partial charge in [0.25, 0.3) is 11.1 Å². The van der Waals surface area contributed by atoms with Crippen molar-refractivity contribution in [1.82, 2.24) is 4.90 Å². The van der Waals surface area contributed by atoms with Crippen molar-refractivity contribution in [1.29, 1.82) is 0 Å². The number of imide groups is 1. The van der Waals surface area contributed by atoms with Crippen LogP contribution in [0.4, 0.5) is 10.5 Å². The summed E-state index contributed by atoms with van der Waals surface area (Å²) >= 11 is 6.09. The molecule has 0 bridgehead atoms. The van der Waals surface area contributed by atoms with Crippen molar-refractivity contribution in [3.8, 4) is 11.5 Å². The van der Waals surface area contributed by atoms with Crippen LogP contribution in [0.5, 0.6) is 11.5 Å². The van der Waals surface area contributed by atoms with Gasteiger partial charge in [0.2, 0.25) is 5.91 Å². The van der Waals surface area contributed by atoms with E-state index in [0.717, 1.165) is 16.7 Å². The molecule has 0 spiro atoms. The fourth-order valence-corrected chi connectivity index (χ4v) is 4.84. The fourth-order valence-electron chi connectivity index (χ4n) is 2.84. The summed E-state index contributed by atoms with van der Waals surface area (Å²) in [5, 5.41) is 2.13. The van der Waals surface area contributed by atoms with Crippen molar-refractivity contribution >= 4 is 85.1 Å². The second kappa shape index (κ2) is 11.7. The summed E-state index contributed by atoms with van der Waals surface area (Å²) in [7, 11) is 2.70. The maximum atomic E-state index is 12.8. The molecule has 1 saturated heterocycles. The molecule has 0 unspecified atom stereocenters. The maximum Gasteiger partial charge on any atom is 0.343 e. The summed E-state index contributed by atoms with van der Waals surface area (Å²) in [5.74, 6) is -0.924. The Morgan fingerprint density at radius 2 is 1.94 bits per heavy atom. The molecule has 0 atom stereocenters. The molecule has 1 aliphatic rings. The van der Waals surface area contributed by atoms with Crippen molar-refractivity contribution < 1.29 is 33.4 Å². The number of halogens is 2. The number of thioether (sulfide) groups is 1. The molecule has 1 N–H and O–H groups in total. The summed E-state index contributed by atoms with van der Waals surface area (Å²) in [4.78, 5) is 50.1. The van der Waals surface area contributed by atoms with E-state index in [1.807, 2.05) is 22.6 Å². The molecule has 178 valence electrons. The lowest BCUT2D eigenvalue weighted by Gasteiger charge is -2.13. The highest BCUT2D eigenvalue weighted by atomic mass is 127.